The van der Waals surface area contributed by atoms with Gasteiger partial charge in [-0.05, 0) is 6.42 Å². The summed E-state index contributed by atoms with van der Waals surface area (Å²) in [7, 11) is 0. The fourth-order valence-corrected chi connectivity index (χ4v) is 1.53. The molecule has 96 valence electrons. The first-order chi connectivity index (χ1) is 8.08. The molecule has 0 atom stereocenters. The Morgan fingerprint density at radius 2 is 1.53 bits per heavy atom. The van der Waals surface area contributed by atoms with Crippen molar-refractivity contribution in [3.05, 3.63) is 35.6 Å². The van der Waals surface area contributed by atoms with Crippen LogP contribution in [0.25, 0.3) is 5.32 Å². The van der Waals surface area contributed by atoms with Crippen LogP contribution in [0.15, 0.2) is 30.3 Å². The lowest BCUT2D eigenvalue weighted by molar-refractivity contribution is -0.135. The number of alkyl halides is 3. The standard InChI is InChI=1S/C13H17F3N/c14-13(15,16)10-6-1-2-7-11-17-12-8-4-3-5-9-12/h3-5,8-9H,1-2,6-7,10-11H2/q-1. The summed E-state index contributed by atoms with van der Waals surface area (Å²) < 4.78 is 35.5. The zero-order chi connectivity index (χ0) is 12.6. The van der Waals surface area contributed by atoms with E-state index in [1.165, 1.54) is 0 Å². The Labute approximate surface area is 100 Å². The van der Waals surface area contributed by atoms with Crippen LogP contribution in [0.2, 0.25) is 0 Å². The Hall–Kier alpha value is -1.19. The van der Waals surface area contributed by atoms with Crippen molar-refractivity contribution in [1.29, 1.82) is 0 Å². The highest BCUT2D eigenvalue weighted by molar-refractivity contribution is 5.47. The van der Waals surface area contributed by atoms with Gasteiger partial charge in [0.15, 0.2) is 0 Å². The summed E-state index contributed by atoms with van der Waals surface area (Å²) in [5.41, 5.74) is 0.933. The molecule has 0 aliphatic heterocycles. The second-order valence-electron chi connectivity index (χ2n) is 4.00. The largest absolute Gasteiger partial charge is 0.684 e. The molecule has 0 N–H and O–H groups in total. The van der Waals surface area contributed by atoms with Gasteiger partial charge in [-0.3, -0.25) is 0 Å². The van der Waals surface area contributed by atoms with Crippen LogP contribution in [-0.4, -0.2) is 12.7 Å². The van der Waals surface area contributed by atoms with Crippen molar-refractivity contribution in [3.63, 3.8) is 0 Å². The van der Waals surface area contributed by atoms with Gasteiger partial charge in [-0.15, -0.1) is 12.2 Å². The van der Waals surface area contributed by atoms with Crippen molar-refractivity contribution in [2.24, 2.45) is 0 Å². The molecule has 1 aromatic rings. The fourth-order valence-electron chi connectivity index (χ4n) is 1.53. The summed E-state index contributed by atoms with van der Waals surface area (Å²) in [6.07, 6.45) is -2.14. The third-order valence-corrected chi connectivity index (χ3v) is 2.42. The van der Waals surface area contributed by atoms with Crippen LogP contribution >= 0.6 is 0 Å². The van der Waals surface area contributed by atoms with Crippen LogP contribution in [0, 0.1) is 0 Å². The first-order valence-corrected chi connectivity index (χ1v) is 5.87. The van der Waals surface area contributed by atoms with Crippen molar-refractivity contribution in [2.45, 2.75) is 38.3 Å². The lowest BCUT2D eigenvalue weighted by atomic mass is 10.1. The minimum atomic E-state index is -4.01. The Morgan fingerprint density at radius 3 is 2.18 bits per heavy atom. The lowest BCUT2D eigenvalue weighted by Gasteiger charge is -2.20. The van der Waals surface area contributed by atoms with E-state index < -0.39 is 12.6 Å². The van der Waals surface area contributed by atoms with Gasteiger partial charge in [0.05, 0.1) is 0 Å². The van der Waals surface area contributed by atoms with Crippen LogP contribution < -0.4 is 0 Å². The molecule has 0 amide bonds. The molecule has 0 fully saturated rings. The first kappa shape index (κ1) is 13.9. The van der Waals surface area contributed by atoms with Crippen LogP contribution in [0.1, 0.15) is 32.1 Å². The number of nitrogens with zero attached hydrogens (tertiary/aromatic N) is 1. The molecular formula is C13H17F3N-. The summed E-state index contributed by atoms with van der Waals surface area (Å²) in [4.78, 5) is 0. The van der Waals surface area contributed by atoms with Gasteiger partial charge in [-0.25, -0.2) is 0 Å². The van der Waals surface area contributed by atoms with Crippen LogP contribution in [0.5, 0.6) is 0 Å². The Morgan fingerprint density at radius 1 is 0.882 bits per heavy atom. The van der Waals surface area contributed by atoms with E-state index >= 15 is 0 Å². The number of hydrogen-bond donors (Lipinski definition) is 0. The highest BCUT2D eigenvalue weighted by Gasteiger charge is 2.25. The zero-order valence-electron chi connectivity index (χ0n) is 9.71. The normalized spacial score (nSPS) is 11.5. The van der Waals surface area contributed by atoms with Crippen LogP contribution in [0.4, 0.5) is 18.9 Å². The highest BCUT2D eigenvalue weighted by Crippen LogP contribution is 2.23. The molecule has 1 aromatic carbocycles. The second-order valence-corrected chi connectivity index (χ2v) is 4.00. The molecule has 0 spiro atoms. The molecule has 0 aliphatic carbocycles. The van der Waals surface area contributed by atoms with Crippen molar-refractivity contribution in [2.75, 3.05) is 6.54 Å². The van der Waals surface area contributed by atoms with Gasteiger partial charge in [0.1, 0.15) is 0 Å². The van der Waals surface area contributed by atoms with Gasteiger partial charge in [0.2, 0.25) is 0 Å². The van der Waals surface area contributed by atoms with E-state index in [9.17, 15) is 13.2 Å². The maximum absolute atomic E-state index is 11.8. The number of rotatable bonds is 7. The van der Waals surface area contributed by atoms with Crippen LogP contribution in [0.3, 0.4) is 0 Å². The summed E-state index contributed by atoms with van der Waals surface area (Å²) in [6.45, 7) is 0.691. The maximum atomic E-state index is 11.8. The molecule has 0 saturated heterocycles. The molecule has 4 heteroatoms. The number of benzene rings is 1. The first-order valence-electron chi connectivity index (χ1n) is 5.87. The maximum Gasteiger partial charge on any atom is 0.389 e. The molecule has 0 unspecified atom stereocenters. The average molecular weight is 244 g/mol. The number of para-hydroxylation sites is 1. The van der Waals surface area contributed by atoms with Crippen molar-refractivity contribution < 1.29 is 13.2 Å². The van der Waals surface area contributed by atoms with Crippen molar-refractivity contribution >= 4 is 5.69 Å². The molecule has 1 nitrogen and oxygen atoms in total. The minimum Gasteiger partial charge on any atom is -0.684 e. The lowest BCUT2D eigenvalue weighted by Crippen LogP contribution is -2.06. The molecular weight excluding hydrogens is 227 g/mol. The average Bonchev–Trinajstić information content (AvgIpc) is 2.28. The summed E-state index contributed by atoms with van der Waals surface area (Å²) in [6, 6.07) is 9.60. The highest BCUT2D eigenvalue weighted by atomic mass is 19.4. The monoisotopic (exact) mass is 244 g/mol. The fraction of sp³-hybridized carbons (Fsp3) is 0.538. The van der Waals surface area contributed by atoms with E-state index in [2.05, 4.69) is 5.32 Å². The molecule has 0 heterocycles. The van der Waals surface area contributed by atoms with E-state index in [4.69, 9.17) is 0 Å². The molecule has 0 aromatic heterocycles. The van der Waals surface area contributed by atoms with Gasteiger partial charge in [0.25, 0.3) is 0 Å². The molecule has 0 saturated carbocycles. The summed E-state index contributed by atoms with van der Waals surface area (Å²) in [5.74, 6) is 0. The number of halogens is 3. The van der Waals surface area contributed by atoms with Gasteiger partial charge in [0, 0.05) is 6.42 Å². The molecule has 0 bridgehead atoms. The smallest absolute Gasteiger partial charge is 0.389 e. The summed E-state index contributed by atoms with van der Waals surface area (Å²) >= 11 is 0. The predicted molar refractivity (Wildman–Crippen MR) is 63.5 cm³/mol. The molecule has 1 rings (SSSR count). The Bertz CT molecular complexity index is 295. The topological polar surface area (TPSA) is 14.1 Å². The van der Waals surface area contributed by atoms with Gasteiger partial charge >= 0.3 is 6.18 Å². The van der Waals surface area contributed by atoms with Gasteiger partial charge in [-0.1, -0.05) is 49.6 Å². The van der Waals surface area contributed by atoms with E-state index in [1.807, 2.05) is 30.3 Å². The molecule has 0 aliphatic rings. The van der Waals surface area contributed by atoms with Crippen LogP contribution in [-0.2, 0) is 0 Å². The molecule has 17 heavy (non-hydrogen) atoms. The van der Waals surface area contributed by atoms with Crippen molar-refractivity contribution in [1.82, 2.24) is 0 Å². The Balaban J connectivity index is 1.95. The minimum absolute atomic E-state index is 0.231. The number of hydrogen-bond acceptors (Lipinski definition) is 0. The van der Waals surface area contributed by atoms with E-state index in [0.29, 0.717) is 13.0 Å². The van der Waals surface area contributed by atoms with Gasteiger partial charge in [-0.2, -0.15) is 13.2 Å². The quantitative estimate of drug-likeness (QED) is 0.585. The third-order valence-electron chi connectivity index (χ3n) is 2.42. The SMILES string of the molecule is FC(F)(F)CCCCCC[N-]c1ccccc1. The third kappa shape index (κ3) is 7.66. The van der Waals surface area contributed by atoms with E-state index in [1.54, 1.807) is 0 Å². The van der Waals surface area contributed by atoms with Crippen molar-refractivity contribution in [3.8, 4) is 0 Å². The zero-order valence-corrected chi connectivity index (χ0v) is 9.71. The summed E-state index contributed by atoms with van der Waals surface area (Å²) in [5, 5.41) is 4.33. The second kappa shape index (κ2) is 7.20. The van der Waals surface area contributed by atoms with Gasteiger partial charge < -0.3 is 5.32 Å². The number of unbranched alkanes of at least 4 members (excludes halogenated alkanes) is 3. The predicted octanol–water partition coefficient (Wildman–Crippen LogP) is 5.20. The Kier molecular flexibility index (Phi) is 5.87. The molecule has 0 radical (unpaired) electrons. The van der Waals surface area contributed by atoms with E-state index in [0.717, 1.165) is 18.5 Å². The van der Waals surface area contributed by atoms with E-state index in [-0.39, 0.29) is 6.42 Å².